The number of benzene rings is 1. The molecule has 0 spiro atoms. The molecule has 0 unspecified atom stereocenters. The van der Waals surface area contributed by atoms with E-state index in [0.29, 0.717) is 12.3 Å². The van der Waals surface area contributed by atoms with Crippen molar-refractivity contribution in [2.24, 2.45) is 5.92 Å². The van der Waals surface area contributed by atoms with E-state index in [1.165, 1.54) is 5.56 Å². The molecule has 0 bridgehead atoms. The lowest BCUT2D eigenvalue weighted by atomic mass is 9.64. The summed E-state index contributed by atoms with van der Waals surface area (Å²) in [6.45, 7) is 9.46. The van der Waals surface area contributed by atoms with E-state index >= 15 is 0 Å². The number of hydrogen-bond acceptors (Lipinski definition) is 4. The second kappa shape index (κ2) is 5.85. The van der Waals surface area contributed by atoms with Crippen LogP contribution in [0.2, 0.25) is 0 Å². The highest BCUT2D eigenvalue weighted by Gasteiger charge is 2.49. The Hall–Kier alpha value is -1.94. The van der Waals surface area contributed by atoms with E-state index in [9.17, 15) is 9.90 Å². The van der Waals surface area contributed by atoms with Gasteiger partial charge in [-0.05, 0) is 37.8 Å². The number of rotatable bonds is 3. The maximum atomic E-state index is 12.4. The zero-order chi connectivity index (χ0) is 17.6. The van der Waals surface area contributed by atoms with Gasteiger partial charge in [0.05, 0.1) is 17.2 Å². The number of ketones is 1. The van der Waals surface area contributed by atoms with Crippen molar-refractivity contribution in [3.63, 3.8) is 0 Å². The van der Waals surface area contributed by atoms with E-state index in [-0.39, 0.29) is 11.7 Å². The van der Waals surface area contributed by atoms with Crippen LogP contribution in [0.15, 0.2) is 28.8 Å². The number of carbonyl (C=O) groups is 1. The number of fused-ring (bicyclic) bond motifs is 1. The lowest BCUT2D eigenvalue weighted by Crippen LogP contribution is -2.48. The van der Waals surface area contributed by atoms with Crippen molar-refractivity contribution in [3.05, 3.63) is 52.4 Å². The van der Waals surface area contributed by atoms with Crippen molar-refractivity contribution in [1.29, 1.82) is 0 Å². The fourth-order valence-corrected chi connectivity index (χ4v) is 4.05. The predicted octanol–water partition coefficient (Wildman–Crippen LogP) is 3.75. The van der Waals surface area contributed by atoms with Gasteiger partial charge in [0.1, 0.15) is 11.5 Å². The molecule has 0 saturated carbocycles. The first-order valence-corrected chi connectivity index (χ1v) is 8.50. The van der Waals surface area contributed by atoms with E-state index in [1.54, 1.807) is 13.8 Å². The van der Waals surface area contributed by atoms with Gasteiger partial charge in [-0.3, -0.25) is 4.79 Å². The number of aromatic nitrogens is 1. The highest BCUT2D eigenvalue weighted by Crippen LogP contribution is 2.47. The standard InChI is InChI=1S/C20H25NO3/c1-11(2)14-6-8-15(9-7-14)18-17-13(4)24-21-16(17)10-20(5,23)19(18)12(3)22/h6-9,11,18-19,23H,10H2,1-5H3/t18-,19+,20+/m1/s1. The van der Waals surface area contributed by atoms with Crippen LogP contribution in [0.1, 0.15) is 67.7 Å². The van der Waals surface area contributed by atoms with Crippen molar-refractivity contribution in [3.8, 4) is 0 Å². The highest BCUT2D eigenvalue weighted by atomic mass is 16.5. The molecule has 128 valence electrons. The average Bonchev–Trinajstić information content (AvgIpc) is 2.85. The summed E-state index contributed by atoms with van der Waals surface area (Å²) in [6.07, 6.45) is 0.338. The lowest BCUT2D eigenvalue weighted by molar-refractivity contribution is -0.130. The lowest BCUT2D eigenvalue weighted by Gasteiger charge is -2.40. The summed E-state index contributed by atoms with van der Waals surface area (Å²) < 4.78 is 5.38. The number of aryl methyl sites for hydroxylation is 1. The smallest absolute Gasteiger partial charge is 0.137 e. The number of carbonyl (C=O) groups excluding carboxylic acids is 1. The molecule has 0 aliphatic heterocycles. The summed E-state index contributed by atoms with van der Waals surface area (Å²) in [7, 11) is 0. The molecular formula is C20H25NO3. The van der Waals surface area contributed by atoms with Gasteiger partial charge >= 0.3 is 0 Å². The second-order valence-electron chi connectivity index (χ2n) is 7.52. The maximum absolute atomic E-state index is 12.4. The van der Waals surface area contributed by atoms with Crippen LogP contribution >= 0.6 is 0 Å². The van der Waals surface area contributed by atoms with Gasteiger partial charge in [-0.15, -0.1) is 0 Å². The molecule has 0 radical (unpaired) electrons. The Labute approximate surface area is 142 Å². The molecule has 1 aliphatic carbocycles. The van der Waals surface area contributed by atoms with Gasteiger partial charge < -0.3 is 9.63 Å². The normalized spacial score (nSPS) is 26.5. The average molecular weight is 327 g/mol. The van der Waals surface area contributed by atoms with Crippen molar-refractivity contribution in [1.82, 2.24) is 5.16 Å². The van der Waals surface area contributed by atoms with Crippen LogP contribution in [0.5, 0.6) is 0 Å². The molecule has 4 heteroatoms. The first-order chi connectivity index (χ1) is 11.2. The quantitative estimate of drug-likeness (QED) is 0.932. The van der Waals surface area contributed by atoms with E-state index in [0.717, 1.165) is 22.6 Å². The molecule has 3 rings (SSSR count). The largest absolute Gasteiger partial charge is 0.389 e. The highest BCUT2D eigenvalue weighted by molar-refractivity contribution is 5.82. The van der Waals surface area contributed by atoms with Crippen LogP contribution < -0.4 is 0 Å². The molecule has 2 aromatic rings. The number of hydrogen-bond donors (Lipinski definition) is 1. The Kier molecular flexibility index (Phi) is 4.12. The molecule has 1 N–H and O–H groups in total. The first kappa shape index (κ1) is 16.9. The fourth-order valence-electron chi connectivity index (χ4n) is 4.05. The monoisotopic (exact) mass is 327 g/mol. The molecular weight excluding hydrogens is 302 g/mol. The Morgan fingerprint density at radius 1 is 1.33 bits per heavy atom. The minimum Gasteiger partial charge on any atom is -0.389 e. The van der Waals surface area contributed by atoms with Gasteiger partial charge in [-0.1, -0.05) is 43.3 Å². The zero-order valence-electron chi connectivity index (χ0n) is 15.0. The van der Waals surface area contributed by atoms with Crippen LogP contribution in [0.4, 0.5) is 0 Å². The summed E-state index contributed by atoms with van der Waals surface area (Å²) in [5.41, 5.74) is 2.85. The zero-order valence-corrected chi connectivity index (χ0v) is 15.0. The van der Waals surface area contributed by atoms with Crippen LogP contribution in [0.25, 0.3) is 0 Å². The van der Waals surface area contributed by atoms with Gasteiger partial charge in [0, 0.05) is 17.9 Å². The minimum absolute atomic E-state index is 0.0100. The van der Waals surface area contributed by atoms with Gasteiger partial charge in [0.2, 0.25) is 0 Å². The van der Waals surface area contributed by atoms with E-state index in [1.807, 2.05) is 6.92 Å². The number of nitrogens with zero attached hydrogens (tertiary/aromatic N) is 1. The molecule has 1 aliphatic rings. The Bertz CT molecular complexity index is 756. The van der Waals surface area contributed by atoms with E-state index < -0.39 is 11.5 Å². The minimum atomic E-state index is -1.14. The van der Waals surface area contributed by atoms with Crippen LogP contribution in [-0.2, 0) is 11.2 Å². The molecule has 1 aromatic heterocycles. The summed E-state index contributed by atoms with van der Waals surface area (Å²) in [6, 6.07) is 8.33. The van der Waals surface area contributed by atoms with Gasteiger partial charge in [0.25, 0.3) is 0 Å². The van der Waals surface area contributed by atoms with Gasteiger partial charge in [-0.2, -0.15) is 0 Å². The third-order valence-corrected chi connectivity index (χ3v) is 5.22. The SMILES string of the molecule is CC(=O)[C@H]1[C@H](c2ccc(C(C)C)cc2)c2c(noc2C)C[C@]1(C)O. The molecule has 0 saturated heterocycles. The summed E-state index contributed by atoms with van der Waals surface area (Å²) in [5.74, 6) is 0.431. The molecule has 0 fully saturated rings. The first-order valence-electron chi connectivity index (χ1n) is 8.50. The predicted molar refractivity (Wildman–Crippen MR) is 92.1 cm³/mol. The maximum Gasteiger partial charge on any atom is 0.137 e. The van der Waals surface area contributed by atoms with Crippen LogP contribution in [0.3, 0.4) is 0 Å². The second-order valence-corrected chi connectivity index (χ2v) is 7.52. The summed E-state index contributed by atoms with van der Waals surface area (Å²) in [5, 5.41) is 15.1. The van der Waals surface area contributed by atoms with Crippen LogP contribution in [-0.4, -0.2) is 21.6 Å². The van der Waals surface area contributed by atoms with Crippen molar-refractivity contribution in [2.45, 2.75) is 58.5 Å². The molecule has 3 atom stereocenters. The third-order valence-electron chi connectivity index (χ3n) is 5.22. The Balaban J connectivity index is 2.17. The summed E-state index contributed by atoms with van der Waals surface area (Å²) >= 11 is 0. The van der Waals surface area contributed by atoms with E-state index in [2.05, 4.69) is 43.3 Å². The number of aliphatic hydroxyl groups is 1. The molecule has 0 amide bonds. The van der Waals surface area contributed by atoms with Gasteiger partial charge in [-0.25, -0.2) is 0 Å². The molecule has 1 aromatic carbocycles. The molecule has 1 heterocycles. The van der Waals surface area contributed by atoms with Gasteiger partial charge in [0.15, 0.2) is 0 Å². The molecule has 4 nitrogen and oxygen atoms in total. The summed E-state index contributed by atoms with van der Waals surface area (Å²) in [4.78, 5) is 12.4. The third kappa shape index (κ3) is 2.69. The van der Waals surface area contributed by atoms with Crippen molar-refractivity contribution >= 4 is 5.78 Å². The number of Topliss-reactive ketones (excluding diaryl/α,β-unsaturated/α-hetero) is 1. The van der Waals surface area contributed by atoms with Crippen molar-refractivity contribution in [2.75, 3.05) is 0 Å². The van der Waals surface area contributed by atoms with Crippen LogP contribution in [0, 0.1) is 12.8 Å². The van der Waals surface area contributed by atoms with Crippen molar-refractivity contribution < 1.29 is 14.4 Å². The molecule has 24 heavy (non-hydrogen) atoms. The van der Waals surface area contributed by atoms with E-state index in [4.69, 9.17) is 4.52 Å². The Morgan fingerprint density at radius 3 is 2.50 bits per heavy atom. The fraction of sp³-hybridized carbons (Fsp3) is 0.500. The topological polar surface area (TPSA) is 63.3 Å². The Morgan fingerprint density at radius 2 is 1.96 bits per heavy atom.